The van der Waals surface area contributed by atoms with Crippen molar-refractivity contribution < 1.29 is 14.3 Å². The first-order valence-corrected chi connectivity index (χ1v) is 8.91. The summed E-state index contributed by atoms with van der Waals surface area (Å²) in [6.07, 6.45) is 2.33. The van der Waals surface area contributed by atoms with Crippen LogP contribution in [0.3, 0.4) is 0 Å². The second-order valence-electron chi connectivity index (χ2n) is 6.43. The summed E-state index contributed by atoms with van der Waals surface area (Å²) < 4.78 is 4.96. The van der Waals surface area contributed by atoms with Crippen LogP contribution in [0.2, 0.25) is 0 Å². The monoisotopic (exact) mass is 358 g/mol. The van der Waals surface area contributed by atoms with Crippen molar-refractivity contribution in [2.24, 2.45) is 5.92 Å². The van der Waals surface area contributed by atoms with E-state index in [0.717, 1.165) is 32.4 Å². The summed E-state index contributed by atoms with van der Waals surface area (Å²) in [6, 6.07) is 8.90. The second kappa shape index (κ2) is 10.5. The van der Waals surface area contributed by atoms with E-state index in [4.69, 9.17) is 10.00 Å². The number of carbonyl (C=O) groups is 2. The normalized spacial score (nSPS) is 15.2. The zero-order valence-corrected chi connectivity index (χ0v) is 15.2. The third-order valence-corrected chi connectivity index (χ3v) is 4.43. The van der Waals surface area contributed by atoms with Gasteiger partial charge in [0.1, 0.15) is 0 Å². The molecular formula is C19H26N4O3. The molecule has 1 aliphatic rings. The third-order valence-electron chi connectivity index (χ3n) is 4.43. The van der Waals surface area contributed by atoms with Crippen molar-refractivity contribution in [1.29, 1.82) is 5.26 Å². The van der Waals surface area contributed by atoms with Gasteiger partial charge < -0.3 is 15.4 Å². The number of rotatable bonds is 8. The van der Waals surface area contributed by atoms with E-state index in [1.54, 1.807) is 31.4 Å². The summed E-state index contributed by atoms with van der Waals surface area (Å²) in [7, 11) is 1.65. The average molecular weight is 358 g/mol. The molecule has 0 spiro atoms. The number of nitriles is 1. The molecule has 0 aliphatic carbocycles. The van der Waals surface area contributed by atoms with Gasteiger partial charge in [0.25, 0.3) is 0 Å². The first-order valence-electron chi connectivity index (χ1n) is 8.91. The molecule has 0 radical (unpaired) electrons. The maximum Gasteiger partial charge on any atom is 0.238 e. The minimum absolute atomic E-state index is 0.0177. The molecule has 0 saturated carbocycles. The number of benzene rings is 1. The molecule has 140 valence electrons. The fourth-order valence-electron chi connectivity index (χ4n) is 3.00. The van der Waals surface area contributed by atoms with E-state index in [-0.39, 0.29) is 17.7 Å². The highest BCUT2D eigenvalue weighted by molar-refractivity contribution is 5.92. The Morgan fingerprint density at radius 2 is 2.12 bits per heavy atom. The maximum atomic E-state index is 12.2. The van der Waals surface area contributed by atoms with Crippen LogP contribution in [0.25, 0.3) is 0 Å². The van der Waals surface area contributed by atoms with Crippen molar-refractivity contribution in [3.8, 4) is 6.07 Å². The standard InChI is InChI=1S/C19H26N4O3/c1-26-11-3-8-21-19(25)16-6-9-23(10-7-16)14-18(24)22-17-5-2-4-15(12-17)13-20/h2,4-5,12,16H,3,6-11,14H2,1H3,(H,21,25)(H,22,24). The summed E-state index contributed by atoms with van der Waals surface area (Å²) in [5.74, 6) is 0.00486. The van der Waals surface area contributed by atoms with Gasteiger partial charge in [0.05, 0.1) is 18.2 Å². The smallest absolute Gasteiger partial charge is 0.238 e. The molecule has 7 nitrogen and oxygen atoms in total. The average Bonchev–Trinajstić information content (AvgIpc) is 2.65. The molecular weight excluding hydrogens is 332 g/mol. The number of likely N-dealkylation sites (tertiary alicyclic amines) is 1. The van der Waals surface area contributed by atoms with Gasteiger partial charge in [-0.05, 0) is 50.6 Å². The largest absolute Gasteiger partial charge is 0.385 e. The molecule has 1 heterocycles. The molecule has 0 unspecified atom stereocenters. The van der Waals surface area contributed by atoms with Crippen molar-refractivity contribution in [2.75, 3.05) is 45.2 Å². The first-order chi connectivity index (χ1) is 12.6. The lowest BCUT2D eigenvalue weighted by Crippen LogP contribution is -2.43. The van der Waals surface area contributed by atoms with Crippen molar-refractivity contribution in [3.63, 3.8) is 0 Å². The number of ether oxygens (including phenoxy) is 1. The number of carbonyl (C=O) groups excluding carboxylic acids is 2. The van der Waals surface area contributed by atoms with E-state index in [0.29, 0.717) is 30.9 Å². The molecule has 1 saturated heterocycles. The number of hydrogen-bond donors (Lipinski definition) is 2. The van der Waals surface area contributed by atoms with Crippen molar-refractivity contribution in [1.82, 2.24) is 10.2 Å². The van der Waals surface area contributed by atoms with E-state index in [1.807, 2.05) is 0 Å². The fourth-order valence-corrected chi connectivity index (χ4v) is 3.00. The van der Waals surface area contributed by atoms with Crippen molar-refractivity contribution >= 4 is 17.5 Å². The summed E-state index contributed by atoms with van der Waals surface area (Å²) in [5, 5.41) is 14.7. The molecule has 2 N–H and O–H groups in total. The van der Waals surface area contributed by atoms with Gasteiger partial charge >= 0.3 is 0 Å². The van der Waals surface area contributed by atoms with E-state index >= 15 is 0 Å². The van der Waals surface area contributed by atoms with Crippen molar-refractivity contribution in [2.45, 2.75) is 19.3 Å². The van der Waals surface area contributed by atoms with Gasteiger partial charge in [-0.3, -0.25) is 14.5 Å². The molecule has 1 aromatic carbocycles. The van der Waals surface area contributed by atoms with E-state index in [2.05, 4.69) is 21.6 Å². The van der Waals surface area contributed by atoms with E-state index < -0.39 is 0 Å². The number of nitrogens with zero attached hydrogens (tertiary/aromatic N) is 2. The summed E-state index contributed by atoms with van der Waals surface area (Å²) in [6.45, 7) is 3.02. The molecule has 0 atom stereocenters. The van der Waals surface area contributed by atoms with Crippen molar-refractivity contribution in [3.05, 3.63) is 29.8 Å². The minimum atomic E-state index is -0.109. The molecule has 1 aromatic rings. The highest BCUT2D eigenvalue weighted by atomic mass is 16.5. The molecule has 0 bridgehead atoms. The van der Waals surface area contributed by atoms with Crippen LogP contribution in [0.4, 0.5) is 5.69 Å². The number of nitrogens with one attached hydrogen (secondary N) is 2. The predicted molar refractivity (Wildman–Crippen MR) is 98.5 cm³/mol. The zero-order chi connectivity index (χ0) is 18.8. The summed E-state index contributed by atoms with van der Waals surface area (Å²) in [4.78, 5) is 26.3. The Bertz CT molecular complexity index is 648. The van der Waals surface area contributed by atoms with Gasteiger partial charge in [-0.1, -0.05) is 6.07 Å². The highest BCUT2D eigenvalue weighted by Gasteiger charge is 2.25. The fraction of sp³-hybridized carbons (Fsp3) is 0.526. The lowest BCUT2D eigenvalue weighted by molar-refractivity contribution is -0.126. The number of amides is 2. The quantitative estimate of drug-likeness (QED) is 0.684. The molecule has 0 aromatic heterocycles. The molecule has 1 fully saturated rings. The summed E-state index contributed by atoms with van der Waals surface area (Å²) in [5.41, 5.74) is 1.14. The topological polar surface area (TPSA) is 94.5 Å². The Hall–Kier alpha value is -2.43. The van der Waals surface area contributed by atoms with E-state index in [1.165, 1.54) is 0 Å². The molecule has 2 amide bonds. The minimum Gasteiger partial charge on any atom is -0.385 e. The van der Waals surface area contributed by atoms with Crippen LogP contribution in [0, 0.1) is 17.2 Å². The predicted octanol–water partition coefficient (Wildman–Crippen LogP) is 1.36. The maximum absolute atomic E-state index is 12.2. The Morgan fingerprint density at radius 3 is 2.81 bits per heavy atom. The SMILES string of the molecule is COCCCNC(=O)C1CCN(CC(=O)Nc2cccc(C#N)c2)CC1. The van der Waals surface area contributed by atoms with Crippen LogP contribution in [-0.2, 0) is 14.3 Å². The molecule has 1 aliphatic heterocycles. The lowest BCUT2D eigenvalue weighted by Gasteiger charge is -2.30. The van der Waals surface area contributed by atoms with Crippen LogP contribution in [-0.4, -0.2) is 56.6 Å². The molecule has 26 heavy (non-hydrogen) atoms. The lowest BCUT2D eigenvalue weighted by atomic mass is 9.96. The van der Waals surface area contributed by atoms with Gasteiger partial charge in [0.2, 0.25) is 11.8 Å². The molecule has 2 rings (SSSR count). The van der Waals surface area contributed by atoms with E-state index in [9.17, 15) is 9.59 Å². The first kappa shape index (κ1) is 19.9. The number of methoxy groups -OCH3 is 1. The third kappa shape index (κ3) is 6.47. The Kier molecular flexibility index (Phi) is 8.06. The number of hydrogen-bond acceptors (Lipinski definition) is 5. The number of anilines is 1. The van der Waals surface area contributed by atoms with Crippen LogP contribution in [0.5, 0.6) is 0 Å². The van der Waals surface area contributed by atoms with Gasteiger partial charge in [0, 0.05) is 31.9 Å². The van der Waals surface area contributed by atoms with Crippen LogP contribution >= 0.6 is 0 Å². The highest BCUT2D eigenvalue weighted by Crippen LogP contribution is 2.17. The van der Waals surface area contributed by atoms with Gasteiger partial charge in [-0.25, -0.2) is 0 Å². The van der Waals surface area contributed by atoms with Crippen LogP contribution in [0.15, 0.2) is 24.3 Å². The molecule has 7 heteroatoms. The zero-order valence-electron chi connectivity index (χ0n) is 15.2. The second-order valence-corrected chi connectivity index (χ2v) is 6.43. The Morgan fingerprint density at radius 1 is 1.35 bits per heavy atom. The number of piperidine rings is 1. The van der Waals surface area contributed by atoms with Crippen LogP contribution < -0.4 is 10.6 Å². The van der Waals surface area contributed by atoms with Gasteiger partial charge in [-0.15, -0.1) is 0 Å². The Labute approximate surface area is 154 Å². The van der Waals surface area contributed by atoms with Gasteiger partial charge in [0.15, 0.2) is 0 Å². The van der Waals surface area contributed by atoms with Gasteiger partial charge in [-0.2, -0.15) is 5.26 Å². The summed E-state index contributed by atoms with van der Waals surface area (Å²) >= 11 is 0. The van der Waals surface area contributed by atoms with Crippen LogP contribution in [0.1, 0.15) is 24.8 Å². The Balaban J connectivity index is 1.70.